The number of fused-ring (bicyclic) bond motifs is 2. The second kappa shape index (κ2) is 7.84. The Kier molecular flexibility index (Phi) is 5.48. The molecule has 3 N–H and O–H groups in total. The Morgan fingerprint density at radius 1 is 1.00 bits per heavy atom. The third-order valence-corrected chi connectivity index (χ3v) is 5.14. The van der Waals surface area contributed by atoms with Crippen molar-refractivity contribution in [1.82, 2.24) is 0 Å². The molecule has 0 radical (unpaired) electrons. The van der Waals surface area contributed by atoms with E-state index >= 15 is 0 Å². The molecule has 0 saturated heterocycles. The van der Waals surface area contributed by atoms with Gasteiger partial charge in [0.05, 0.1) is 4.90 Å². The highest BCUT2D eigenvalue weighted by atomic mass is 32.2. The topological polar surface area (TPSA) is 111 Å². The lowest BCUT2D eigenvalue weighted by Gasteiger charge is -1.99. The van der Waals surface area contributed by atoms with Crippen LogP contribution < -0.4 is 5.73 Å². The van der Waals surface area contributed by atoms with Crippen molar-refractivity contribution in [1.29, 1.82) is 0 Å². The first kappa shape index (κ1) is 19.6. The van der Waals surface area contributed by atoms with Crippen molar-refractivity contribution in [2.75, 3.05) is 0 Å². The molecule has 0 aliphatic rings. The highest BCUT2D eigenvalue weighted by Crippen LogP contribution is 2.25. The maximum Gasteiger partial charge on any atom is 0.294 e. The molecule has 0 aliphatic heterocycles. The number of carbonyl (C=O) groups is 1. The lowest BCUT2D eigenvalue weighted by molar-refractivity contribution is 0.0974. The van der Waals surface area contributed by atoms with E-state index in [0.29, 0.717) is 0 Å². The number of aryl methyl sites for hydroxylation is 1. The molecule has 7 heteroatoms. The van der Waals surface area contributed by atoms with Crippen LogP contribution in [0.5, 0.6) is 0 Å². The quantitative estimate of drug-likeness (QED) is 0.504. The zero-order valence-electron chi connectivity index (χ0n) is 15.1. The summed E-state index contributed by atoms with van der Waals surface area (Å²) in [6.45, 7) is 1.98. The maximum absolute atomic E-state index is 11.1. The Hall–Kier alpha value is -3.16. The third-order valence-electron chi connectivity index (χ3n) is 4.29. The average Bonchev–Trinajstić information content (AvgIpc) is 3.06. The summed E-state index contributed by atoms with van der Waals surface area (Å²) >= 11 is 0. The molecule has 4 aromatic rings. The van der Waals surface area contributed by atoms with Crippen LogP contribution in [0.1, 0.15) is 23.0 Å². The summed E-state index contributed by atoms with van der Waals surface area (Å²) in [6.07, 6.45) is 0.745. The zero-order valence-corrected chi connectivity index (χ0v) is 15.9. The standard InChI is InChI=1S/C11H11NO2.C10H8O3S/c1-2-7-8-5-3-4-6-9(8)14-10(7)11(12)13;11-14(12,13)10-6-5-8-3-1-2-4-9(8)7-10/h3-6H,2H2,1H3,(H2,12,13);1-7H,(H,11,12,13). The van der Waals surface area contributed by atoms with Crippen LogP contribution in [-0.4, -0.2) is 18.9 Å². The zero-order chi connectivity index (χ0) is 20.3. The monoisotopic (exact) mass is 397 g/mol. The van der Waals surface area contributed by atoms with Gasteiger partial charge in [-0.1, -0.05) is 55.5 Å². The van der Waals surface area contributed by atoms with Crippen molar-refractivity contribution in [3.05, 3.63) is 78.1 Å². The average molecular weight is 397 g/mol. The number of carbonyl (C=O) groups excluding carboxylic acids is 1. The van der Waals surface area contributed by atoms with E-state index in [-0.39, 0.29) is 10.7 Å². The molecule has 1 heterocycles. The van der Waals surface area contributed by atoms with Crippen LogP contribution in [-0.2, 0) is 16.5 Å². The number of hydrogen-bond acceptors (Lipinski definition) is 4. The van der Waals surface area contributed by atoms with Gasteiger partial charge in [-0.25, -0.2) is 0 Å². The van der Waals surface area contributed by atoms with Crippen LogP contribution in [0.4, 0.5) is 0 Å². The Morgan fingerprint density at radius 3 is 2.29 bits per heavy atom. The van der Waals surface area contributed by atoms with E-state index < -0.39 is 16.0 Å². The first-order chi connectivity index (χ1) is 13.3. The van der Waals surface area contributed by atoms with E-state index in [1.807, 2.05) is 49.4 Å². The number of nitrogens with two attached hydrogens (primary N) is 1. The van der Waals surface area contributed by atoms with Gasteiger partial charge in [0, 0.05) is 10.9 Å². The van der Waals surface area contributed by atoms with Gasteiger partial charge >= 0.3 is 0 Å². The summed E-state index contributed by atoms with van der Waals surface area (Å²) in [6, 6.07) is 19.4. The highest BCUT2D eigenvalue weighted by molar-refractivity contribution is 7.85. The SMILES string of the molecule is CCc1c(C(N)=O)oc2ccccc12.O=S(=O)(O)c1ccc2ccccc2c1. The molecule has 0 atom stereocenters. The fraction of sp³-hybridized carbons (Fsp3) is 0.0952. The predicted octanol–water partition coefficient (Wildman–Crippen LogP) is 4.18. The molecule has 0 unspecified atom stereocenters. The summed E-state index contributed by atoms with van der Waals surface area (Å²) in [5.74, 6) is -0.216. The van der Waals surface area contributed by atoms with Gasteiger partial charge in [-0.05, 0) is 35.4 Å². The number of furan rings is 1. The maximum atomic E-state index is 11.1. The van der Waals surface area contributed by atoms with Gasteiger partial charge < -0.3 is 10.2 Å². The molecule has 0 saturated carbocycles. The van der Waals surface area contributed by atoms with Crippen molar-refractivity contribution in [2.24, 2.45) is 5.73 Å². The lowest BCUT2D eigenvalue weighted by Crippen LogP contribution is -2.11. The summed E-state index contributed by atoms with van der Waals surface area (Å²) < 4.78 is 35.9. The van der Waals surface area contributed by atoms with Gasteiger partial charge in [-0.15, -0.1) is 0 Å². The van der Waals surface area contributed by atoms with Crippen molar-refractivity contribution >= 4 is 37.8 Å². The number of para-hydroxylation sites is 1. The molecule has 1 aromatic heterocycles. The van der Waals surface area contributed by atoms with E-state index in [9.17, 15) is 13.2 Å². The second-order valence-electron chi connectivity index (χ2n) is 6.11. The molecule has 144 valence electrons. The van der Waals surface area contributed by atoms with Crippen LogP contribution in [0.2, 0.25) is 0 Å². The van der Waals surface area contributed by atoms with Crippen molar-refractivity contribution in [2.45, 2.75) is 18.2 Å². The Bertz CT molecular complexity index is 1260. The molecule has 4 rings (SSSR count). The van der Waals surface area contributed by atoms with E-state index in [1.165, 1.54) is 12.1 Å². The largest absolute Gasteiger partial charge is 0.451 e. The fourth-order valence-corrected chi connectivity index (χ4v) is 3.49. The lowest BCUT2D eigenvalue weighted by atomic mass is 10.1. The van der Waals surface area contributed by atoms with Crippen molar-refractivity contribution < 1.29 is 22.2 Å². The van der Waals surface area contributed by atoms with Gasteiger partial charge in [0.25, 0.3) is 16.0 Å². The number of rotatable bonds is 3. The fourth-order valence-electron chi connectivity index (χ4n) is 2.98. The van der Waals surface area contributed by atoms with Crippen LogP contribution in [0.25, 0.3) is 21.7 Å². The first-order valence-electron chi connectivity index (χ1n) is 8.57. The van der Waals surface area contributed by atoms with E-state index in [1.54, 1.807) is 12.1 Å². The van der Waals surface area contributed by atoms with Crippen LogP contribution in [0, 0.1) is 0 Å². The molecule has 0 spiro atoms. The Labute approximate surface area is 162 Å². The van der Waals surface area contributed by atoms with Crippen LogP contribution >= 0.6 is 0 Å². The molecule has 0 bridgehead atoms. The molecule has 1 amide bonds. The van der Waals surface area contributed by atoms with Gasteiger partial charge in [0.2, 0.25) is 0 Å². The van der Waals surface area contributed by atoms with Gasteiger partial charge in [0.1, 0.15) is 5.58 Å². The molecule has 28 heavy (non-hydrogen) atoms. The van der Waals surface area contributed by atoms with Crippen molar-refractivity contribution in [3.63, 3.8) is 0 Å². The number of primary amides is 1. The molecule has 3 aromatic carbocycles. The van der Waals surface area contributed by atoms with Crippen LogP contribution in [0.3, 0.4) is 0 Å². The summed E-state index contributed by atoms with van der Waals surface area (Å²) in [5.41, 5.74) is 6.84. The first-order valence-corrected chi connectivity index (χ1v) is 10.0. The minimum Gasteiger partial charge on any atom is -0.451 e. The predicted molar refractivity (Wildman–Crippen MR) is 108 cm³/mol. The summed E-state index contributed by atoms with van der Waals surface area (Å²) in [7, 11) is -4.09. The Balaban J connectivity index is 0.000000161. The minimum atomic E-state index is -4.09. The van der Waals surface area contributed by atoms with Gasteiger partial charge in [-0.2, -0.15) is 8.42 Å². The highest BCUT2D eigenvalue weighted by Gasteiger charge is 2.15. The number of benzene rings is 3. The normalized spacial score (nSPS) is 11.2. The van der Waals surface area contributed by atoms with E-state index in [4.69, 9.17) is 14.7 Å². The minimum absolute atomic E-state index is 0.0730. The second-order valence-corrected chi connectivity index (χ2v) is 7.53. The van der Waals surface area contributed by atoms with E-state index in [0.717, 1.165) is 33.7 Å². The Morgan fingerprint density at radius 2 is 1.64 bits per heavy atom. The molecular formula is C21H19NO5S. The molecular weight excluding hydrogens is 378 g/mol. The van der Waals surface area contributed by atoms with Gasteiger partial charge in [-0.3, -0.25) is 9.35 Å². The summed E-state index contributed by atoms with van der Waals surface area (Å²) in [4.78, 5) is 11.0. The smallest absolute Gasteiger partial charge is 0.294 e. The molecule has 0 aliphatic carbocycles. The molecule has 6 nitrogen and oxygen atoms in total. The van der Waals surface area contributed by atoms with Crippen LogP contribution in [0.15, 0.2) is 76.0 Å². The summed E-state index contributed by atoms with van der Waals surface area (Å²) in [5, 5.41) is 2.71. The van der Waals surface area contributed by atoms with E-state index in [2.05, 4.69) is 0 Å². The van der Waals surface area contributed by atoms with Gasteiger partial charge in [0.15, 0.2) is 5.76 Å². The number of hydrogen-bond donors (Lipinski definition) is 2. The molecule has 0 fully saturated rings. The third kappa shape index (κ3) is 4.05. The number of amides is 1. The van der Waals surface area contributed by atoms with Crippen molar-refractivity contribution in [3.8, 4) is 0 Å².